The van der Waals surface area contributed by atoms with Gasteiger partial charge in [0.05, 0.1) is 57.5 Å². The number of alkyl halides is 3. The lowest BCUT2D eigenvalue weighted by Crippen LogP contribution is -2.21. The second kappa shape index (κ2) is 14.5. The highest BCUT2D eigenvalue weighted by Gasteiger charge is 2.33. The molecule has 0 aliphatic rings. The smallest absolute Gasteiger partial charge is 0.416 e. The Morgan fingerprint density at radius 2 is 1.46 bits per heavy atom. The zero-order valence-electron chi connectivity index (χ0n) is 19.1. The molecule has 0 aromatic heterocycles. The Bertz CT molecular complexity index is 925. The third kappa shape index (κ3) is 10.5. The van der Waals surface area contributed by atoms with E-state index in [0.29, 0.717) is 31.0 Å². The lowest BCUT2D eigenvalue weighted by atomic mass is 10.1. The summed E-state index contributed by atoms with van der Waals surface area (Å²) in [4.78, 5) is 12.2. The maximum absolute atomic E-state index is 14.8. The number of anilines is 2. The molecule has 0 unspecified atom stereocenters. The van der Waals surface area contributed by atoms with E-state index in [9.17, 15) is 22.4 Å². The number of aryl methyl sites for hydroxylation is 1. The van der Waals surface area contributed by atoms with Crippen LogP contribution in [0, 0.1) is 12.7 Å². The molecule has 0 heterocycles. The Morgan fingerprint density at radius 1 is 0.886 bits per heavy atom. The topological polar surface area (TPSA) is 98.3 Å². The Labute approximate surface area is 200 Å². The van der Waals surface area contributed by atoms with E-state index in [1.807, 2.05) is 6.92 Å². The number of ether oxygens (including phenoxy) is 4. The van der Waals surface area contributed by atoms with Gasteiger partial charge < -0.3 is 34.7 Å². The summed E-state index contributed by atoms with van der Waals surface area (Å²) in [5.41, 5.74) is -0.535. The molecule has 35 heavy (non-hydrogen) atoms. The highest BCUT2D eigenvalue weighted by Crippen LogP contribution is 2.36. The maximum Gasteiger partial charge on any atom is 0.416 e. The third-order valence-electron chi connectivity index (χ3n) is 4.39. The van der Waals surface area contributed by atoms with Gasteiger partial charge >= 0.3 is 12.2 Å². The van der Waals surface area contributed by atoms with Gasteiger partial charge in [-0.15, -0.1) is 0 Å². The third-order valence-corrected chi connectivity index (χ3v) is 4.39. The van der Waals surface area contributed by atoms with Crippen molar-refractivity contribution in [3.05, 3.63) is 53.3 Å². The van der Waals surface area contributed by atoms with Crippen molar-refractivity contribution >= 4 is 17.4 Å². The molecule has 0 aliphatic carbocycles. The number of carbonyl (C=O) groups excluding carboxylic acids is 1. The number of hydrogen-bond acceptors (Lipinski definition) is 6. The molecule has 0 bridgehead atoms. The minimum Gasteiger partial charge on any atom is -0.488 e. The molecule has 0 fully saturated rings. The van der Waals surface area contributed by atoms with Crippen molar-refractivity contribution in [3.63, 3.8) is 0 Å². The fourth-order valence-corrected chi connectivity index (χ4v) is 2.70. The predicted octanol–water partition coefficient (Wildman–Crippen LogP) is 4.22. The number of urea groups is 1. The molecule has 2 amide bonds. The van der Waals surface area contributed by atoms with Crippen LogP contribution in [-0.4, -0.2) is 64.0 Å². The highest BCUT2D eigenvalue weighted by molar-refractivity contribution is 6.00. The summed E-state index contributed by atoms with van der Waals surface area (Å²) in [5.74, 6) is -1.82. The fraction of sp³-hybridized carbons (Fsp3) is 0.435. The van der Waals surface area contributed by atoms with Gasteiger partial charge in [-0.3, -0.25) is 0 Å². The van der Waals surface area contributed by atoms with Crippen LogP contribution in [0.4, 0.5) is 33.7 Å². The van der Waals surface area contributed by atoms with Gasteiger partial charge in [-0.25, -0.2) is 9.18 Å². The number of amides is 2. The maximum atomic E-state index is 14.8. The van der Waals surface area contributed by atoms with Crippen molar-refractivity contribution < 1.29 is 46.4 Å². The molecule has 0 radical (unpaired) electrons. The molecule has 0 saturated carbocycles. The van der Waals surface area contributed by atoms with Crippen LogP contribution in [0.25, 0.3) is 0 Å². The van der Waals surface area contributed by atoms with Gasteiger partial charge in [0.2, 0.25) is 0 Å². The molecule has 2 aromatic carbocycles. The van der Waals surface area contributed by atoms with E-state index in [0.717, 1.165) is 5.56 Å². The van der Waals surface area contributed by atoms with Crippen molar-refractivity contribution in [1.82, 2.24) is 0 Å². The van der Waals surface area contributed by atoms with Gasteiger partial charge in [0.1, 0.15) is 6.61 Å². The van der Waals surface area contributed by atoms with Crippen molar-refractivity contribution in [2.45, 2.75) is 13.1 Å². The van der Waals surface area contributed by atoms with Crippen molar-refractivity contribution in [2.24, 2.45) is 0 Å². The van der Waals surface area contributed by atoms with E-state index >= 15 is 0 Å². The van der Waals surface area contributed by atoms with Crippen LogP contribution in [0.5, 0.6) is 5.75 Å². The summed E-state index contributed by atoms with van der Waals surface area (Å²) in [6, 6.07) is 6.76. The quantitative estimate of drug-likeness (QED) is 0.263. The normalized spacial score (nSPS) is 11.4. The van der Waals surface area contributed by atoms with E-state index in [1.54, 1.807) is 24.3 Å². The standard InChI is InChI=1S/C23H28F4N2O6/c1-16-2-4-18(5-3-16)28-22(31)29-19-14-17(23(25,26)27)15-20(21(19)24)35-13-12-34-11-10-33-9-8-32-7-6-30/h2-5,14-15,30H,6-13H2,1H3,(H2,28,29,31). The molecule has 0 spiro atoms. The van der Waals surface area contributed by atoms with Crippen molar-refractivity contribution in [2.75, 3.05) is 63.5 Å². The first-order chi connectivity index (χ1) is 16.7. The summed E-state index contributed by atoms with van der Waals surface area (Å²) in [7, 11) is 0. The number of nitrogens with one attached hydrogen (secondary N) is 2. The second-order valence-corrected chi connectivity index (χ2v) is 7.19. The summed E-state index contributed by atoms with van der Waals surface area (Å²) in [6.45, 7) is 2.78. The first-order valence-corrected chi connectivity index (χ1v) is 10.7. The summed E-state index contributed by atoms with van der Waals surface area (Å²) in [6.07, 6.45) is -4.79. The second-order valence-electron chi connectivity index (χ2n) is 7.19. The number of benzene rings is 2. The number of halogens is 4. The molecular formula is C23H28F4N2O6. The molecule has 8 nitrogen and oxygen atoms in total. The Morgan fingerprint density at radius 3 is 2.03 bits per heavy atom. The van der Waals surface area contributed by atoms with Crippen LogP contribution < -0.4 is 15.4 Å². The highest BCUT2D eigenvalue weighted by atomic mass is 19.4. The minimum atomic E-state index is -4.79. The lowest BCUT2D eigenvalue weighted by Gasteiger charge is -2.16. The van der Waals surface area contributed by atoms with Crippen molar-refractivity contribution in [3.8, 4) is 5.75 Å². The van der Waals surface area contributed by atoms with Crippen LogP contribution >= 0.6 is 0 Å². The van der Waals surface area contributed by atoms with Gasteiger partial charge in [0.15, 0.2) is 11.6 Å². The van der Waals surface area contributed by atoms with Crippen LogP contribution in [0.2, 0.25) is 0 Å². The zero-order chi connectivity index (χ0) is 25.7. The molecule has 2 aromatic rings. The van der Waals surface area contributed by atoms with Gasteiger partial charge in [-0.05, 0) is 31.2 Å². The Kier molecular flexibility index (Phi) is 11.7. The fourth-order valence-electron chi connectivity index (χ4n) is 2.70. The largest absolute Gasteiger partial charge is 0.488 e. The summed E-state index contributed by atoms with van der Waals surface area (Å²) >= 11 is 0. The van der Waals surface area contributed by atoms with E-state index < -0.39 is 35.0 Å². The zero-order valence-corrected chi connectivity index (χ0v) is 19.1. The van der Waals surface area contributed by atoms with Crippen molar-refractivity contribution in [1.29, 1.82) is 0 Å². The SMILES string of the molecule is Cc1ccc(NC(=O)Nc2cc(C(F)(F)F)cc(OCCOCCOCCOCCO)c2F)cc1. The first-order valence-electron chi connectivity index (χ1n) is 10.7. The molecule has 0 saturated heterocycles. The number of hydrogen-bond donors (Lipinski definition) is 3. The van der Waals surface area contributed by atoms with E-state index in [1.165, 1.54) is 0 Å². The van der Waals surface area contributed by atoms with Crippen LogP contribution in [0.15, 0.2) is 36.4 Å². The average molecular weight is 504 g/mol. The monoisotopic (exact) mass is 504 g/mol. The molecule has 2 rings (SSSR count). The number of carbonyl (C=O) groups is 1. The average Bonchev–Trinajstić information content (AvgIpc) is 2.80. The number of aliphatic hydroxyl groups excluding tert-OH is 1. The minimum absolute atomic E-state index is 0.0310. The van der Waals surface area contributed by atoms with Gasteiger partial charge in [-0.2, -0.15) is 13.2 Å². The number of rotatable bonds is 14. The number of aliphatic hydroxyl groups is 1. The van der Waals surface area contributed by atoms with E-state index in [4.69, 9.17) is 24.1 Å². The van der Waals surface area contributed by atoms with Crippen LogP contribution in [0.3, 0.4) is 0 Å². The Hall–Kier alpha value is -2.93. The Balaban J connectivity index is 1.89. The molecular weight excluding hydrogens is 476 g/mol. The lowest BCUT2D eigenvalue weighted by molar-refractivity contribution is -0.137. The molecule has 3 N–H and O–H groups in total. The molecule has 194 valence electrons. The van der Waals surface area contributed by atoms with Gasteiger partial charge in [0, 0.05) is 5.69 Å². The summed E-state index contributed by atoms with van der Waals surface area (Å²) in [5, 5.41) is 13.1. The van der Waals surface area contributed by atoms with Crippen LogP contribution in [0.1, 0.15) is 11.1 Å². The van der Waals surface area contributed by atoms with Gasteiger partial charge in [-0.1, -0.05) is 17.7 Å². The van der Waals surface area contributed by atoms with Gasteiger partial charge in [0.25, 0.3) is 0 Å². The van der Waals surface area contributed by atoms with E-state index in [-0.39, 0.29) is 39.6 Å². The van der Waals surface area contributed by atoms with Crippen LogP contribution in [-0.2, 0) is 20.4 Å². The summed E-state index contributed by atoms with van der Waals surface area (Å²) < 4.78 is 75.3. The first kappa shape index (κ1) is 28.3. The predicted molar refractivity (Wildman–Crippen MR) is 120 cm³/mol. The molecule has 0 aliphatic heterocycles. The molecule has 0 atom stereocenters. The van der Waals surface area contributed by atoms with E-state index in [2.05, 4.69) is 10.6 Å². The molecule has 12 heteroatoms.